The third kappa shape index (κ3) is 2.34. The van der Waals surface area contributed by atoms with Gasteiger partial charge >= 0.3 is 0 Å². The molecule has 1 aromatic carbocycles. The minimum absolute atomic E-state index is 0.155. The van der Waals surface area contributed by atoms with Crippen LogP contribution in [0.15, 0.2) is 36.7 Å². The number of hydrogen-bond acceptors (Lipinski definition) is 2. The third-order valence-corrected chi connectivity index (χ3v) is 2.79. The zero-order valence-electron chi connectivity index (χ0n) is 9.08. The monoisotopic (exact) mass is 249 g/mol. The first-order valence-corrected chi connectivity index (χ1v) is 5.38. The maximum absolute atomic E-state index is 13.1. The van der Waals surface area contributed by atoms with Gasteiger partial charge in [0.25, 0.3) is 0 Å². The number of nitrogens with zero attached hydrogens (tertiary/aromatic N) is 1. The van der Waals surface area contributed by atoms with Gasteiger partial charge in [0.1, 0.15) is 5.82 Å². The summed E-state index contributed by atoms with van der Waals surface area (Å²) >= 11 is 5.89. The summed E-state index contributed by atoms with van der Waals surface area (Å²) in [6.07, 6.45) is 3.05. The fourth-order valence-corrected chi connectivity index (χ4v) is 1.72. The summed E-state index contributed by atoms with van der Waals surface area (Å²) < 4.78 is 13.1. The van der Waals surface area contributed by atoms with E-state index in [0.717, 1.165) is 11.6 Å². The number of rotatable bonds is 2. The van der Waals surface area contributed by atoms with Crippen LogP contribution in [0.2, 0.25) is 5.02 Å². The van der Waals surface area contributed by atoms with Crippen molar-refractivity contribution >= 4 is 17.4 Å². The Morgan fingerprint density at radius 2 is 2.06 bits per heavy atom. The van der Waals surface area contributed by atoms with Crippen LogP contribution in [0.25, 0.3) is 0 Å². The number of benzene rings is 1. The average molecular weight is 250 g/mol. The summed E-state index contributed by atoms with van der Waals surface area (Å²) in [5, 5.41) is 0.236. The molecule has 0 radical (unpaired) electrons. The third-order valence-electron chi connectivity index (χ3n) is 2.46. The number of carbonyl (C=O) groups excluding carboxylic acids is 1. The van der Waals surface area contributed by atoms with Gasteiger partial charge in [-0.3, -0.25) is 9.78 Å². The Morgan fingerprint density at radius 1 is 1.29 bits per heavy atom. The highest BCUT2D eigenvalue weighted by atomic mass is 35.5. The quantitative estimate of drug-likeness (QED) is 0.764. The van der Waals surface area contributed by atoms with Crippen molar-refractivity contribution in [2.45, 2.75) is 6.92 Å². The summed E-state index contributed by atoms with van der Waals surface area (Å²) in [6, 6.07) is 5.45. The zero-order chi connectivity index (χ0) is 12.4. The predicted octanol–water partition coefficient (Wildman–Crippen LogP) is 3.41. The normalized spacial score (nSPS) is 10.3. The molecule has 0 aliphatic carbocycles. The summed E-state index contributed by atoms with van der Waals surface area (Å²) in [7, 11) is 0. The summed E-state index contributed by atoms with van der Waals surface area (Å²) in [5.74, 6) is -0.806. The van der Waals surface area contributed by atoms with Gasteiger partial charge < -0.3 is 0 Å². The first kappa shape index (κ1) is 11.7. The van der Waals surface area contributed by atoms with Crippen LogP contribution < -0.4 is 0 Å². The fourth-order valence-electron chi connectivity index (χ4n) is 1.52. The second-order valence-electron chi connectivity index (χ2n) is 3.64. The van der Waals surface area contributed by atoms with Crippen molar-refractivity contribution in [3.05, 3.63) is 64.2 Å². The lowest BCUT2D eigenvalue weighted by atomic mass is 10.0. The van der Waals surface area contributed by atoms with Crippen LogP contribution in [0.5, 0.6) is 0 Å². The molecule has 0 aliphatic heterocycles. The van der Waals surface area contributed by atoms with Crippen molar-refractivity contribution in [3.63, 3.8) is 0 Å². The largest absolute Gasteiger partial charge is 0.288 e. The van der Waals surface area contributed by atoms with E-state index >= 15 is 0 Å². The van der Waals surface area contributed by atoms with Crippen molar-refractivity contribution in [3.8, 4) is 0 Å². The van der Waals surface area contributed by atoms with Gasteiger partial charge in [0.05, 0.1) is 5.02 Å². The van der Waals surface area contributed by atoms with Gasteiger partial charge in [-0.05, 0) is 36.8 Å². The molecule has 86 valence electrons. The molecule has 2 nitrogen and oxygen atoms in total. The number of pyridine rings is 1. The number of halogens is 2. The lowest BCUT2D eigenvalue weighted by Crippen LogP contribution is -2.05. The number of aryl methyl sites for hydroxylation is 1. The van der Waals surface area contributed by atoms with E-state index in [1.54, 1.807) is 19.2 Å². The minimum atomic E-state index is -0.487. The van der Waals surface area contributed by atoms with Crippen LogP contribution in [-0.2, 0) is 0 Å². The lowest BCUT2D eigenvalue weighted by Gasteiger charge is -2.05. The smallest absolute Gasteiger partial charge is 0.196 e. The zero-order valence-corrected chi connectivity index (χ0v) is 9.83. The van der Waals surface area contributed by atoms with Crippen molar-refractivity contribution in [1.82, 2.24) is 4.98 Å². The Balaban J connectivity index is 2.51. The van der Waals surface area contributed by atoms with E-state index < -0.39 is 5.82 Å². The number of ketones is 1. The molecule has 2 aromatic rings. The maximum atomic E-state index is 13.1. The topological polar surface area (TPSA) is 30.0 Å². The Labute approximate surface area is 103 Å². The van der Waals surface area contributed by atoms with Crippen LogP contribution in [0, 0.1) is 12.7 Å². The predicted molar refractivity (Wildman–Crippen MR) is 63.8 cm³/mol. The van der Waals surface area contributed by atoms with E-state index in [-0.39, 0.29) is 16.4 Å². The second kappa shape index (κ2) is 4.63. The molecule has 0 aliphatic rings. The summed E-state index contributed by atoms with van der Waals surface area (Å²) in [6.45, 7) is 1.79. The molecule has 0 saturated heterocycles. The summed E-state index contributed by atoms with van der Waals surface area (Å²) in [4.78, 5) is 16.0. The molecule has 0 fully saturated rings. The Morgan fingerprint density at radius 3 is 2.76 bits per heavy atom. The van der Waals surface area contributed by atoms with Gasteiger partial charge in [-0.2, -0.15) is 0 Å². The van der Waals surface area contributed by atoms with Crippen molar-refractivity contribution in [2.75, 3.05) is 0 Å². The van der Waals surface area contributed by atoms with E-state index in [1.165, 1.54) is 18.3 Å². The second-order valence-corrected chi connectivity index (χ2v) is 4.05. The average Bonchev–Trinajstić information content (AvgIpc) is 2.32. The first-order chi connectivity index (χ1) is 8.09. The van der Waals surface area contributed by atoms with Crippen LogP contribution in [-0.4, -0.2) is 10.8 Å². The molecule has 17 heavy (non-hydrogen) atoms. The van der Waals surface area contributed by atoms with Gasteiger partial charge in [0.2, 0.25) is 0 Å². The highest BCUT2D eigenvalue weighted by Gasteiger charge is 2.15. The van der Waals surface area contributed by atoms with Crippen molar-refractivity contribution in [2.24, 2.45) is 0 Å². The fraction of sp³-hybridized carbons (Fsp3) is 0.0769. The molecule has 0 unspecified atom stereocenters. The van der Waals surface area contributed by atoms with E-state index in [9.17, 15) is 9.18 Å². The highest BCUT2D eigenvalue weighted by Crippen LogP contribution is 2.21. The van der Waals surface area contributed by atoms with Crippen molar-refractivity contribution in [1.29, 1.82) is 0 Å². The van der Waals surface area contributed by atoms with Gasteiger partial charge in [-0.15, -0.1) is 0 Å². The Kier molecular flexibility index (Phi) is 3.20. The van der Waals surface area contributed by atoms with Crippen LogP contribution in [0.4, 0.5) is 4.39 Å². The molecule has 0 bridgehead atoms. The molecule has 1 aromatic heterocycles. The molecule has 0 atom stereocenters. The molecule has 0 amide bonds. The molecule has 0 saturated carbocycles. The molecular weight excluding hydrogens is 241 g/mol. The standard InChI is InChI=1S/C13H9ClFNO/c1-8-4-5-16-7-11(8)13(17)10-6-9(15)2-3-12(10)14/h2-7H,1H3. The van der Waals surface area contributed by atoms with Crippen LogP contribution in [0.1, 0.15) is 21.5 Å². The lowest BCUT2D eigenvalue weighted by molar-refractivity contribution is 0.103. The first-order valence-electron chi connectivity index (χ1n) is 5.00. The molecule has 2 rings (SSSR count). The molecular formula is C13H9ClFNO. The number of aromatic nitrogens is 1. The van der Waals surface area contributed by atoms with E-state index in [4.69, 9.17) is 11.6 Å². The number of carbonyl (C=O) groups is 1. The SMILES string of the molecule is Cc1ccncc1C(=O)c1cc(F)ccc1Cl. The van der Waals surface area contributed by atoms with Gasteiger partial charge in [0, 0.05) is 23.5 Å². The molecule has 0 spiro atoms. The Bertz CT molecular complexity index is 583. The van der Waals surface area contributed by atoms with Gasteiger partial charge in [-0.1, -0.05) is 11.6 Å². The van der Waals surface area contributed by atoms with E-state index in [0.29, 0.717) is 5.56 Å². The maximum Gasteiger partial charge on any atom is 0.196 e. The number of hydrogen-bond donors (Lipinski definition) is 0. The summed E-state index contributed by atoms with van der Waals surface area (Å²) in [5.41, 5.74) is 1.37. The van der Waals surface area contributed by atoms with E-state index in [1.807, 2.05) is 0 Å². The Hall–Kier alpha value is -1.74. The van der Waals surface area contributed by atoms with Gasteiger partial charge in [-0.25, -0.2) is 4.39 Å². The molecule has 0 N–H and O–H groups in total. The molecule has 4 heteroatoms. The highest BCUT2D eigenvalue weighted by molar-refractivity contribution is 6.35. The van der Waals surface area contributed by atoms with E-state index in [2.05, 4.69) is 4.98 Å². The minimum Gasteiger partial charge on any atom is -0.288 e. The van der Waals surface area contributed by atoms with Gasteiger partial charge in [0.15, 0.2) is 5.78 Å². The molecule has 1 heterocycles. The van der Waals surface area contributed by atoms with Crippen molar-refractivity contribution < 1.29 is 9.18 Å². The van der Waals surface area contributed by atoms with Crippen LogP contribution in [0.3, 0.4) is 0 Å². The van der Waals surface area contributed by atoms with Crippen LogP contribution >= 0.6 is 11.6 Å².